The van der Waals surface area contributed by atoms with Crippen LogP contribution in [-0.2, 0) is 22.5 Å². The largest absolute Gasteiger partial charge is 0.378 e. The van der Waals surface area contributed by atoms with Crippen molar-refractivity contribution in [1.29, 1.82) is 0 Å². The van der Waals surface area contributed by atoms with Gasteiger partial charge in [0, 0.05) is 37.4 Å². The number of carbonyl (C=O) groups is 1. The zero-order valence-corrected chi connectivity index (χ0v) is 11.7. The van der Waals surface area contributed by atoms with Crippen molar-refractivity contribution in [3.63, 3.8) is 0 Å². The molecular formula is C13H19N3O2S. The molecule has 5 nitrogen and oxygen atoms in total. The lowest BCUT2D eigenvalue weighted by molar-refractivity contribution is -0.116. The number of amides is 1. The summed E-state index contributed by atoms with van der Waals surface area (Å²) in [6, 6.07) is 0. The topological polar surface area (TPSA) is 63.2 Å². The van der Waals surface area contributed by atoms with Crippen molar-refractivity contribution in [2.75, 3.05) is 18.5 Å². The molecule has 1 unspecified atom stereocenters. The zero-order valence-electron chi connectivity index (χ0n) is 10.9. The van der Waals surface area contributed by atoms with E-state index in [2.05, 4.69) is 15.6 Å². The van der Waals surface area contributed by atoms with Crippen molar-refractivity contribution in [1.82, 2.24) is 10.3 Å². The van der Waals surface area contributed by atoms with Gasteiger partial charge in [-0.2, -0.15) is 0 Å². The van der Waals surface area contributed by atoms with Crippen molar-refractivity contribution >= 4 is 22.4 Å². The fourth-order valence-corrected chi connectivity index (χ4v) is 3.52. The molecule has 1 amide bonds. The number of aromatic nitrogens is 1. The van der Waals surface area contributed by atoms with Gasteiger partial charge in [0.05, 0.1) is 11.8 Å². The lowest BCUT2D eigenvalue weighted by Gasteiger charge is -2.09. The predicted molar refractivity (Wildman–Crippen MR) is 74.4 cm³/mol. The maximum atomic E-state index is 11.9. The molecule has 6 heteroatoms. The van der Waals surface area contributed by atoms with Crippen LogP contribution in [0.2, 0.25) is 0 Å². The van der Waals surface area contributed by atoms with Crippen LogP contribution < -0.4 is 10.6 Å². The van der Waals surface area contributed by atoms with Crippen molar-refractivity contribution in [3.8, 4) is 0 Å². The third kappa shape index (κ3) is 3.32. The number of fused-ring (bicyclic) bond motifs is 1. The molecule has 3 heterocycles. The summed E-state index contributed by atoms with van der Waals surface area (Å²) in [6.45, 7) is 2.69. The Bertz CT molecular complexity index is 431. The summed E-state index contributed by atoms with van der Waals surface area (Å²) in [6.07, 6.45) is 4.78. The summed E-state index contributed by atoms with van der Waals surface area (Å²) in [5.41, 5.74) is 1.14. The molecule has 2 N–H and O–H groups in total. The highest BCUT2D eigenvalue weighted by Gasteiger charge is 2.18. The summed E-state index contributed by atoms with van der Waals surface area (Å²) in [5, 5.41) is 6.96. The molecule has 0 aromatic carbocycles. The van der Waals surface area contributed by atoms with E-state index in [9.17, 15) is 4.79 Å². The summed E-state index contributed by atoms with van der Waals surface area (Å²) >= 11 is 1.58. The Kier molecular flexibility index (Phi) is 4.10. The van der Waals surface area contributed by atoms with Crippen molar-refractivity contribution < 1.29 is 9.53 Å². The first kappa shape index (κ1) is 13.0. The fraction of sp³-hybridized carbons (Fsp3) is 0.692. The van der Waals surface area contributed by atoms with Gasteiger partial charge in [0.2, 0.25) is 5.91 Å². The minimum absolute atomic E-state index is 0.0505. The van der Waals surface area contributed by atoms with E-state index >= 15 is 0 Å². The minimum Gasteiger partial charge on any atom is -0.378 e. The van der Waals surface area contributed by atoms with E-state index in [1.807, 2.05) is 0 Å². The molecule has 2 aliphatic rings. The number of thiazole rings is 1. The van der Waals surface area contributed by atoms with Crippen LogP contribution in [0.3, 0.4) is 0 Å². The molecule has 0 radical (unpaired) electrons. The van der Waals surface area contributed by atoms with Crippen molar-refractivity contribution in [3.05, 3.63) is 10.6 Å². The van der Waals surface area contributed by atoms with Gasteiger partial charge < -0.3 is 15.4 Å². The predicted octanol–water partition coefficient (Wildman–Crippen LogP) is 1.69. The molecule has 1 aromatic rings. The van der Waals surface area contributed by atoms with Gasteiger partial charge in [-0.15, -0.1) is 11.3 Å². The second-order valence-corrected chi connectivity index (χ2v) is 6.12. The van der Waals surface area contributed by atoms with E-state index < -0.39 is 0 Å². The van der Waals surface area contributed by atoms with E-state index in [-0.39, 0.29) is 12.0 Å². The molecule has 104 valence electrons. The number of nitrogens with one attached hydrogen (secondary N) is 2. The molecule has 0 saturated carbocycles. The van der Waals surface area contributed by atoms with Crippen LogP contribution in [0.15, 0.2) is 0 Å². The minimum atomic E-state index is 0.0505. The highest BCUT2D eigenvalue weighted by Crippen LogP contribution is 2.25. The molecule has 19 heavy (non-hydrogen) atoms. The molecule has 0 bridgehead atoms. The maximum Gasteiger partial charge on any atom is 0.226 e. The Hall–Kier alpha value is -0.980. The first-order chi connectivity index (χ1) is 9.31. The fourth-order valence-electron chi connectivity index (χ4n) is 2.52. The average Bonchev–Trinajstić information content (AvgIpc) is 3.04. The van der Waals surface area contributed by atoms with Crippen LogP contribution in [0.25, 0.3) is 0 Å². The van der Waals surface area contributed by atoms with Gasteiger partial charge in [-0.25, -0.2) is 4.98 Å². The lowest BCUT2D eigenvalue weighted by Crippen LogP contribution is -2.22. The Morgan fingerprint density at radius 3 is 3.32 bits per heavy atom. The maximum absolute atomic E-state index is 11.9. The first-order valence-electron chi connectivity index (χ1n) is 6.92. The highest BCUT2D eigenvalue weighted by atomic mass is 32.1. The van der Waals surface area contributed by atoms with Gasteiger partial charge in [-0.3, -0.25) is 4.79 Å². The van der Waals surface area contributed by atoms with Gasteiger partial charge >= 0.3 is 0 Å². The number of carbonyl (C=O) groups excluding carboxylic acids is 1. The summed E-state index contributed by atoms with van der Waals surface area (Å²) < 4.78 is 5.52. The van der Waals surface area contributed by atoms with Crippen LogP contribution in [0.4, 0.5) is 5.13 Å². The Labute approximate surface area is 116 Å². The summed E-state index contributed by atoms with van der Waals surface area (Å²) in [4.78, 5) is 17.6. The smallest absolute Gasteiger partial charge is 0.226 e. The summed E-state index contributed by atoms with van der Waals surface area (Å²) in [5.74, 6) is 0.0505. The zero-order chi connectivity index (χ0) is 13.1. The number of anilines is 1. The van der Waals surface area contributed by atoms with Gasteiger partial charge in [0.15, 0.2) is 5.13 Å². The van der Waals surface area contributed by atoms with Crippen molar-refractivity contribution in [2.24, 2.45) is 0 Å². The number of hydrogen-bond acceptors (Lipinski definition) is 5. The Morgan fingerprint density at radius 1 is 1.58 bits per heavy atom. The van der Waals surface area contributed by atoms with E-state index in [1.54, 1.807) is 11.3 Å². The van der Waals surface area contributed by atoms with Crippen LogP contribution in [-0.4, -0.2) is 30.1 Å². The third-order valence-corrected chi connectivity index (χ3v) is 4.58. The van der Waals surface area contributed by atoms with Crippen LogP contribution in [0.5, 0.6) is 0 Å². The SMILES string of the molecule is O=C(CCC1CCCO1)Nc1nc2c(s1)CNCC2. The van der Waals surface area contributed by atoms with Crippen LogP contribution >= 0.6 is 11.3 Å². The molecule has 3 rings (SSSR count). The molecular weight excluding hydrogens is 262 g/mol. The third-order valence-electron chi connectivity index (χ3n) is 3.57. The number of hydrogen-bond donors (Lipinski definition) is 2. The van der Waals surface area contributed by atoms with Gasteiger partial charge in [0.25, 0.3) is 0 Å². The molecule has 1 saturated heterocycles. The molecule has 1 fully saturated rings. The van der Waals surface area contributed by atoms with Gasteiger partial charge in [0.1, 0.15) is 0 Å². The molecule has 0 spiro atoms. The number of nitrogens with zero attached hydrogens (tertiary/aromatic N) is 1. The molecule has 0 aliphatic carbocycles. The Morgan fingerprint density at radius 2 is 2.53 bits per heavy atom. The standard InChI is InChI=1S/C13H19N3O2S/c17-12(4-3-9-2-1-7-18-9)16-13-15-10-5-6-14-8-11(10)19-13/h9,14H,1-8H2,(H,15,16,17). The van der Waals surface area contributed by atoms with Crippen molar-refractivity contribution in [2.45, 2.75) is 44.8 Å². The lowest BCUT2D eigenvalue weighted by atomic mass is 10.1. The molecule has 2 aliphatic heterocycles. The van der Waals surface area contributed by atoms with E-state index in [1.165, 1.54) is 4.88 Å². The quantitative estimate of drug-likeness (QED) is 0.881. The molecule has 1 atom stereocenters. The number of rotatable bonds is 4. The first-order valence-corrected chi connectivity index (χ1v) is 7.73. The van der Waals surface area contributed by atoms with E-state index in [0.717, 1.165) is 56.2 Å². The van der Waals surface area contributed by atoms with Crippen LogP contribution in [0, 0.1) is 0 Å². The highest BCUT2D eigenvalue weighted by molar-refractivity contribution is 7.15. The normalized spacial score (nSPS) is 22.2. The average molecular weight is 281 g/mol. The van der Waals surface area contributed by atoms with E-state index in [0.29, 0.717) is 6.42 Å². The van der Waals surface area contributed by atoms with Gasteiger partial charge in [-0.05, 0) is 19.3 Å². The van der Waals surface area contributed by atoms with E-state index in [4.69, 9.17) is 4.74 Å². The second kappa shape index (κ2) is 5.98. The summed E-state index contributed by atoms with van der Waals surface area (Å²) in [7, 11) is 0. The van der Waals surface area contributed by atoms with Crippen LogP contribution in [0.1, 0.15) is 36.3 Å². The van der Waals surface area contributed by atoms with Gasteiger partial charge in [-0.1, -0.05) is 0 Å². The monoisotopic (exact) mass is 281 g/mol. The molecule has 1 aromatic heterocycles. The number of ether oxygens (including phenoxy) is 1. The second-order valence-electron chi connectivity index (χ2n) is 5.04. The Balaban J connectivity index is 1.49.